The van der Waals surface area contributed by atoms with Gasteiger partial charge in [-0.1, -0.05) is 13.8 Å². The van der Waals surface area contributed by atoms with Gasteiger partial charge in [-0.3, -0.25) is 15.6 Å². The van der Waals surface area contributed by atoms with Gasteiger partial charge in [-0.15, -0.1) is 0 Å². The predicted molar refractivity (Wildman–Crippen MR) is 81.2 cm³/mol. The Morgan fingerprint density at radius 3 is 2.68 bits per heavy atom. The van der Waals surface area contributed by atoms with Gasteiger partial charge in [0.15, 0.2) is 0 Å². The number of nitrogens with two attached hydrogens (primary N) is 1. The molecule has 0 saturated carbocycles. The number of aromatic nitrogens is 1. The van der Waals surface area contributed by atoms with Crippen LogP contribution in [0.1, 0.15) is 37.0 Å². The first-order chi connectivity index (χ1) is 9.12. The van der Waals surface area contributed by atoms with E-state index >= 15 is 0 Å². The second-order valence-corrected chi connectivity index (χ2v) is 5.62. The Balaban J connectivity index is 2.75. The van der Waals surface area contributed by atoms with Crippen LogP contribution in [0.4, 0.5) is 5.69 Å². The maximum absolute atomic E-state index is 12.2. The molecule has 0 unspecified atom stereocenters. The first-order valence-corrected chi connectivity index (χ1v) is 7.59. The number of hydrazine groups is 1. The number of amides is 1. The van der Waals surface area contributed by atoms with Crippen LogP contribution in [0.3, 0.4) is 0 Å². The molecule has 0 saturated heterocycles. The van der Waals surface area contributed by atoms with E-state index in [1.165, 1.54) is 6.20 Å². The normalized spacial score (nSPS) is 11.2. The van der Waals surface area contributed by atoms with Crippen molar-refractivity contribution in [2.75, 3.05) is 18.2 Å². The summed E-state index contributed by atoms with van der Waals surface area (Å²) in [5.74, 6) is 5.24. The zero-order valence-corrected chi connectivity index (χ0v) is 12.5. The molecule has 1 aromatic heterocycles. The predicted octanol–water partition coefficient (Wildman–Crippen LogP) is 2.02. The van der Waals surface area contributed by atoms with Crippen molar-refractivity contribution in [1.29, 1.82) is 0 Å². The molecule has 0 aliphatic heterocycles. The van der Waals surface area contributed by atoms with Gasteiger partial charge < -0.3 is 10.7 Å². The summed E-state index contributed by atoms with van der Waals surface area (Å²) in [6.45, 7) is 4.92. The Morgan fingerprint density at radius 2 is 2.16 bits per heavy atom. The third kappa shape index (κ3) is 3.84. The number of thioether (sulfide) groups is 1. The molecule has 19 heavy (non-hydrogen) atoms. The highest BCUT2D eigenvalue weighted by Gasteiger charge is 2.26. The molecule has 1 amide bonds. The Morgan fingerprint density at radius 1 is 1.47 bits per heavy atom. The molecule has 6 heteroatoms. The van der Waals surface area contributed by atoms with E-state index in [4.69, 9.17) is 5.84 Å². The van der Waals surface area contributed by atoms with E-state index in [1.807, 2.05) is 0 Å². The number of anilines is 1. The number of carbonyl (C=O) groups is 1. The summed E-state index contributed by atoms with van der Waals surface area (Å²) in [5.41, 5.74) is 3.55. The molecule has 1 rings (SSSR count). The number of pyridine rings is 1. The number of rotatable bonds is 7. The van der Waals surface area contributed by atoms with Crippen LogP contribution in [-0.2, 0) is 0 Å². The molecule has 0 spiro atoms. The topological polar surface area (TPSA) is 80.0 Å². The quantitative estimate of drug-likeness (QED) is 0.526. The zero-order chi connectivity index (χ0) is 14.3. The van der Waals surface area contributed by atoms with Crippen molar-refractivity contribution in [3.05, 3.63) is 24.0 Å². The number of hydrogen-bond donors (Lipinski definition) is 3. The molecule has 0 bridgehead atoms. The van der Waals surface area contributed by atoms with Crippen molar-refractivity contribution in [3.63, 3.8) is 0 Å². The minimum Gasteiger partial charge on any atom is -0.351 e. The van der Waals surface area contributed by atoms with E-state index in [-0.39, 0.29) is 10.7 Å². The van der Waals surface area contributed by atoms with Crippen molar-refractivity contribution in [1.82, 2.24) is 10.3 Å². The fourth-order valence-electron chi connectivity index (χ4n) is 1.90. The van der Waals surface area contributed by atoms with Crippen molar-refractivity contribution >= 4 is 23.4 Å². The number of nitrogen functional groups attached to an aromatic ring is 1. The van der Waals surface area contributed by atoms with Crippen LogP contribution in [0.2, 0.25) is 0 Å². The van der Waals surface area contributed by atoms with Crippen LogP contribution in [-0.4, -0.2) is 28.4 Å². The highest BCUT2D eigenvalue weighted by Crippen LogP contribution is 2.29. The van der Waals surface area contributed by atoms with E-state index in [1.54, 1.807) is 24.0 Å². The summed E-state index contributed by atoms with van der Waals surface area (Å²) in [6.07, 6.45) is 7.22. The minimum atomic E-state index is -0.152. The SMILES string of the molecule is CCC(CC)(CNC(=O)c1cnccc1NN)SC. The van der Waals surface area contributed by atoms with Crippen LogP contribution in [0.15, 0.2) is 18.5 Å². The maximum Gasteiger partial charge on any atom is 0.255 e. The first-order valence-electron chi connectivity index (χ1n) is 6.36. The van der Waals surface area contributed by atoms with Gasteiger partial charge in [-0.05, 0) is 25.2 Å². The third-order valence-corrected chi connectivity index (χ3v) is 5.10. The van der Waals surface area contributed by atoms with Crippen molar-refractivity contribution in [2.24, 2.45) is 5.84 Å². The molecule has 5 nitrogen and oxygen atoms in total. The summed E-state index contributed by atoms with van der Waals surface area (Å²) < 4.78 is 0.0914. The average molecular weight is 282 g/mol. The number of nitrogens with zero attached hydrogens (tertiary/aromatic N) is 1. The zero-order valence-electron chi connectivity index (χ0n) is 11.7. The summed E-state index contributed by atoms with van der Waals surface area (Å²) in [5, 5.41) is 2.97. The molecule has 1 aromatic rings. The van der Waals surface area contributed by atoms with Gasteiger partial charge in [0.2, 0.25) is 0 Å². The fraction of sp³-hybridized carbons (Fsp3) is 0.538. The van der Waals surface area contributed by atoms with Crippen molar-refractivity contribution in [3.8, 4) is 0 Å². The number of carbonyl (C=O) groups excluding carboxylic acids is 1. The fourth-order valence-corrected chi connectivity index (χ4v) is 2.69. The van der Waals surface area contributed by atoms with Gasteiger partial charge >= 0.3 is 0 Å². The van der Waals surface area contributed by atoms with Gasteiger partial charge in [0, 0.05) is 23.7 Å². The van der Waals surface area contributed by atoms with Crippen molar-refractivity contribution in [2.45, 2.75) is 31.4 Å². The average Bonchev–Trinajstić information content (AvgIpc) is 2.49. The van der Waals surface area contributed by atoms with E-state index in [0.29, 0.717) is 17.8 Å². The Bertz CT molecular complexity index is 413. The summed E-state index contributed by atoms with van der Waals surface area (Å²) in [7, 11) is 0. The van der Waals surface area contributed by atoms with Crippen LogP contribution in [0.25, 0.3) is 0 Å². The molecular formula is C13H22N4OS. The van der Waals surface area contributed by atoms with Gasteiger partial charge in [-0.2, -0.15) is 11.8 Å². The molecule has 1 heterocycles. The molecular weight excluding hydrogens is 260 g/mol. The van der Waals surface area contributed by atoms with Gasteiger partial charge in [0.1, 0.15) is 0 Å². The molecule has 0 aromatic carbocycles. The van der Waals surface area contributed by atoms with E-state index in [2.05, 4.69) is 35.8 Å². The summed E-state index contributed by atoms with van der Waals surface area (Å²) >= 11 is 1.79. The van der Waals surface area contributed by atoms with Crippen LogP contribution in [0, 0.1) is 0 Å². The summed E-state index contributed by atoms with van der Waals surface area (Å²) in [6, 6.07) is 1.68. The standard InChI is InChI=1S/C13H22N4OS/c1-4-13(5-2,19-3)9-16-12(18)10-8-15-7-6-11(10)17-14/h6-8H,4-5,9,14H2,1-3H3,(H,15,17)(H,16,18). The van der Waals surface area contributed by atoms with Crippen LogP contribution < -0.4 is 16.6 Å². The lowest BCUT2D eigenvalue weighted by Crippen LogP contribution is -2.39. The smallest absolute Gasteiger partial charge is 0.255 e. The largest absolute Gasteiger partial charge is 0.351 e. The summed E-state index contributed by atoms with van der Waals surface area (Å²) in [4.78, 5) is 16.1. The number of nitrogens with one attached hydrogen (secondary N) is 2. The monoisotopic (exact) mass is 282 g/mol. The Hall–Kier alpha value is -1.27. The van der Waals surface area contributed by atoms with Crippen LogP contribution in [0.5, 0.6) is 0 Å². The Kier molecular flexibility index (Phi) is 6.11. The van der Waals surface area contributed by atoms with E-state index in [0.717, 1.165) is 12.8 Å². The van der Waals surface area contributed by atoms with Gasteiger partial charge in [0.05, 0.1) is 11.3 Å². The van der Waals surface area contributed by atoms with E-state index in [9.17, 15) is 4.79 Å². The molecule has 0 atom stereocenters. The van der Waals surface area contributed by atoms with Crippen LogP contribution >= 0.6 is 11.8 Å². The highest BCUT2D eigenvalue weighted by molar-refractivity contribution is 8.00. The van der Waals surface area contributed by atoms with Crippen molar-refractivity contribution < 1.29 is 4.79 Å². The second-order valence-electron chi connectivity index (χ2n) is 4.34. The van der Waals surface area contributed by atoms with Gasteiger partial charge in [-0.25, -0.2) is 0 Å². The lowest BCUT2D eigenvalue weighted by molar-refractivity contribution is 0.0949. The van der Waals surface area contributed by atoms with Gasteiger partial charge in [0.25, 0.3) is 5.91 Å². The lowest BCUT2D eigenvalue weighted by Gasteiger charge is -2.29. The molecule has 106 valence electrons. The molecule has 4 N–H and O–H groups in total. The first kappa shape index (κ1) is 15.8. The lowest BCUT2D eigenvalue weighted by atomic mass is 10.0. The number of hydrogen-bond acceptors (Lipinski definition) is 5. The molecule has 0 aliphatic carbocycles. The molecule has 0 fully saturated rings. The highest BCUT2D eigenvalue weighted by atomic mass is 32.2. The van der Waals surface area contributed by atoms with E-state index < -0.39 is 0 Å². The third-order valence-electron chi connectivity index (χ3n) is 3.51. The second kappa shape index (κ2) is 7.35. The molecule has 0 aliphatic rings. The maximum atomic E-state index is 12.2. The minimum absolute atomic E-state index is 0.0914. The Labute approximate surface area is 118 Å². The molecule has 0 radical (unpaired) electrons.